The lowest BCUT2D eigenvalue weighted by Gasteiger charge is -2.28. The summed E-state index contributed by atoms with van der Waals surface area (Å²) in [6.45, 7) is 1.55. The first kappa shape index (κ1) is 19.5. The van der Waals surface area contributed by atoms with Gasteiger partial charge >= 0.3 is 0 Å². The van der Waals surface area contributed by atoms with Crippen molar-refractivity contribution in [3.05, 3.63) is 77.3 Å². The number of benzene rings is 1. The maximum atomic E-state index is 6.34. The first-order valence-electron chi connectivity index (χ1n) is 10.1. The van der Waals surface area contributed by atoms with Gasteiger partial charge < -0.3 is 19.4 Å². The Kier molecular flexibility index (Phi) is 5.46. The number of aromatic nitrogens is 1. The number of furan rings is 1. The van der Waals surface area contributed by atoms with Crippen LogP contribution in [0.2, 0.25) is 5.02 Å². The van der Waals surface area contributed by atoms with Crippen LogP contribution >= 0.6 is 23.8 Å². The molecule has 0 bridgehead atoms. The van der Waals surface area contributed by atoms with Crippen LogP contribution in [0.25, 0.3) is 11.3 Å². The highest BCUT2D eigenvalue weighted by Crippen LogP contribution is 2.41. The molecule has 7 heteroatoms. The van der Waals surface area contributed by atoms with E-state index in [0.29, 0.717) is 10.1 Å². The van der Waals surface area contributed by atoms with Crippen molar-refractivity contribution in [1.29, 1.82) is 0 Å². The molecular weight excluding hydrogens is 418 g/mol. The van der Waals surface area contributed by atoms with E-state index < -0.39 is 0 Å². The highest BCUT2D eigenvalue weighted by atomic mass is 35.5. The van der Waals surface area contributed by atoms with Crippen molar-refractivity contribution in [3.8, 4) is 11.3 Å². The van der Waals surface area contributed by atoms with E-state index in [1.54, 1.807) is 6.20 Å². The van der Waals surface area contributed by atoms with Crippen LogP contribution in [0, 0.1) is 0 Å². The monoisotopic (exact) mass is 439 g/mol. The molecule has 0 aliphatic carbocycles. The van der Waals surface area contributed by atoms with E-state index in [0.717, 1.165) is 48.8 Å². The molecule has 2 fully saturated rings. The topological polar surface area (TPSA) is 50.5 Å². The summed E-state index contributed by atoms with van der Waals surface area (Å²) in [6, 6.07) is 17.4. The van der Waals surface area contributed by atoms with Crippen LogP contribution < -0.4 is 5.32 Å². The Morgan fingerprint density at radius 2 is 2.00 bits per heavy atom. The zero-order valence-corrected chi connectivity index (χ0v) is 17.9. The fraction of sp³-hybridized carbons (Fsp3) is 0.304. The Labute approximate surface area is 186 Å². The van der Waals surface area contributed by atoms with E-state index in [-0.39, 0.29) is 18.2 Å². The molecule has 1 N–H and O–H groups in total. The number of pyridine rings is 1. The predicted molar refractivity (Wildman–Crippen MR) is 120 cm³/mol. The molecule has 0 radical (unpaired) electrons. The Morgan fingerprint density at radius 3 is 2.73 bits per heavy atom. The molecule has 3 atom stereocenters. The van der Waals surface area contributed by atoms with Crippen LogP contribution in [-0.4, -0.2) is 34.3 Å². The second-order valence-corrected chi connectivity index (χ2v) is 8.45. The molecule has 30 heavy (non-hydrogen) atoms. The van der Waals surface area contributed by atoms with Gasteiger partial charge in [-0.1, -0.05) is 17.7 Å². The summed E-state index contributed by atoms with van der Waals surface area (Å²) in [5.41, 5.74) is 1.92. The van der Waals surface area contributed by atoms with Crippen LogP contribution in [0.1, 0.15) is 36.4 Å². The van der Waals surface area contributed by atoms with Crippen molar-refractivity contribution in [3.63, 3.8) is 0 Å². The summed E-state index contributed by atoms with van der Waals surface area (Å²) < 4.78 is 12.2. The van der Waals surface area contributed by atoms with Crippen LogP contribution in [-0.2, 0) is 4.74 Å². The van der Waals surface area contributed by atoms with Gasteiger partial charge in [0.1, 0.15) is 17.6 Å². The number of nitrogens with one attached hydrogen (secondary N) is 1. The Bertz CT molecular complexity index is 1020. The molecule has 0 amide bonds. The van der Waals surface area contributed by atoms with Crippen molar-refractivity contribution in [2.75, 3.05) is 13.2 Å². The molecule has 5 rings (SSSR count). The minimum absolute atomic E-state index is 0.0932. The van der Waals surface area contributed by atoms with Gasteiger partial charge in [0.05, 0.1) is 17.8 Å². The predicted octanol–water partition coefficient (Wildman–Crippen LogP) is 5.15. The van der Waals surface area contributed by atoms with Gasteiger partial charge in [-0.25, -0.2) is 0 Å². The van der Waals surface area contributed by atoms with Gasteiger partial charge in [-0.3, -0.25) is 4.98 Å². The molecule has 2 saturated heterocycles. The minimum atomic E-state index is -0.0994. The first-order chi connectivity index (χ1) is 14.7. The molecule has 0 spiro atoms. The van der Waals surface area contributed by atoms with Crippen LogP contribution in [0.4, 0.5) is 0 Å². The molecule has 3 aromatic rings. The van der Waals surface area contributed by atoms with E-state index >= 15 is 0 Å². The average molecular weight is 440 g/mol. The summed E-state index contributed by atoms with van der Waals surface area (Å²) in [4.78, 5) is 6.77. The summed E-state index contributed by atoms with van der Waals surface area (Å²) >= 11 is 11.8. The number of ether oxygens (including phenoxy) is 1. The second kappa shape index (κ2) is 8.38. The maximum Gasteiger partial charge on any atom is 0.170 e. The minimum Gasteiger partial charge on any atom is -0.459 e. The molecule has 2 aliphatic heterocycles. The number of hydrogen-bond acceptors (Lipinski definition) is 4. The Hall–Kier alpha value is -2.41. The summed E-state index contributed by atoms with van der Waals surface area (Å²) in [5.74, 6) is 1.65. The fourth-order valence-electron chi connectivity index (χ4n) is 4.20. The Morgan fingerprint density at radius 1 is 1.13 bits per heavy atom. The van der Waals surface area contributed by atoms with Crippen LogP contribution in [0.5, 0.6) is 0 Å². The standard InChI is InChI=1S/C23H22ClN3O2S/c24-16-8-6-15(7-9-16)19-10-11-20(29-19)22-21(18-5-1-2-12-25-18)26-23(30)27(22)14-17-4-3-13-28-17/h1-2,5-12,17,21-22H,3-4,13-14H2,(H,26,30)/t17-,21-,22+/m0/s1. The third kappa shape index (κ3) is 3.83. The van der Waals surface area contributed by atoms with E-state index in [2.05, 4.69) is 15.2 Å². The van der Waals surface area contributed by atoms with Gasteiger partial charge in [-0.05, 0) is 73.6 Å². The largest absolute Gasteiger partial charge is 0.459 e. The van der Waals surface area contributed by atoms with Gasteiger partial charge in [-0.2, -0.15) is 0 Å². The quantitative estimate of drug-likeness (QED) is 0.555. The van der Waals surface area contributed by atoms with Gasteiger partial charge in [0.15, 0.2) is 5.11 Å². The molecule has 1 aromatic carbocycles. The summed E-state index contributed by atoms with van der Waals surface area (Å²) in [6.07, 6.45) is 4.13. The van der Waals surface area contributed by atoms with Gasteiger partial charge in [0.2, 0.25) is 0 Å². The van der Waals surface area contributed by atoms with Crippen molar-refractivity contribution < 1.29 is 9.15 Å². The van der Waals surface area contributed by atoms with E-state index in [1.807, 2.05) is 54.6 Å². The molecular formula is C23H22ClN3O2S. The van der Waals surface area contributed by atoms with Crippen molar-refractivity contribution >= 4 is 28.9 Å². The number of nitrogens with zero attached hydrogens (tertiary/aromatic N) is 2. The molecule has 0 unspecified atom stereocenters. The smallest absolute Gasteiger partial charge is 0.170 e. The van der Waals surface area contributed by atoms with Crippen LogP contribution in [0.3, 0.4) is 0 Å². The van der Waals surface area contributed by atoms with Crippen molar-refractivity contribution in [2.24, 2.45) is 0 Å². The van der Waals surface area contributed by atoms with Gasteiger partial charge in [0, 0.05) is 29.9 Å². The molecule has 2 aromatic heterocycles. The summed E-state index contributed by atoms with van der Waals surface area (Å²) in [5, 5.41) is 4.87. The van der Waals surface area contributed by atoms with E-state index in [1.165, 1.54) is 0 Å². The number of hydrogen-bond donors (Lipinski definition) is 1. The third-order valence-electron chi connectivity index (χ3n) is 5.67. The second-order valence-electron chi connectivity index (χ2n) is 7.62. The SMILES string of the molecule is S=C1N[C@@H](c2ccccn2)[C@@H](c2ccc(-c3ccc(Cl)cc3)o2)N1C[C@@H]1CCCO1. The van der Waals surface area contributed by atoms with Crippen molar-refractivity contribution in [2.45, 2.75) is 31.0 Å². The lowest BCUT2D eigenvalue weighted by Crippen LogP contribution is -2.36. The molecule has 2 aliphatic rings. The highest BCUT2D eigenvalue weighted by molar-refractivity contribution is 7.80. The van der Waals surface area contributed by atoms with Crippen molar-refractivity contribution in [1.82, 2.24) is 15.2 Å². The number of halogens is 1. The zero-order chi connectivity index (χ0) is 20.5. The lowest BCUT2D eigenvalue weighted by molar-refractivity contribution is 0.0818. The zero-order valence-electron chi connectivity index (χ0n) is 16.3. The highest BCUT2D eigenvalue weighted by Gasteiger charge is 2.42. The van der Waals surface area contributed by atoms with Gasteiger partial charge in [0.25, 0.3) is 0 Å². The normalized spacial score (nSPS) is 23.7. The van der Waals surface area contributed by atoms with E-state index in [4.69, 9.17) is 33.0 Å². The number of thiocarbonyl (C=S) groups is 1. The van der Waals surface area contributed by atoms with Gasteiger partial charge in [-0.15, -0.1) is 0 Å². The molecule has 0 saturated carbocycles. The lowest BCUT2D eigenvalue weighted by atomic mass is 10.0. The van der Waals surface area contributed by atoms with Crippen LogP contribution in [0.15, 0.2) is 65.2 Å². The maximum absolute atomic E-state index is 6.34. The summed E-state index contributed by atoms with van der Waals surface area (Å²) in [7, 11) is 0. The first-order valence-corrected chi connectivity index (χ1v) is 10.9. The van der Waals surface area contributed by atoms with E-state index in [9.17, 15) is 0 Å². The number of rotatable bonds is 5. The molecule has 5 nitrogen and oxygen atoms in total. The molecule has 4 heterocycles. The third-order valence-corrected chi connectivity index (χ3v) is 6.27. The Balaban J connectivity index is 1.50. The molecule has 154 valence electrons. The fourth-order valence-corrected chi connectivity index (χ4v) is 4.64. The average Bonchev–Trinajstić information content (AvgIpc) is 3.51.